The minimum absolute atomic E-state index is 0.205. The molecule has 2 unspecified atom stereocenters. The molecular weight excluding hydrogens is 364 g/mol. The Morgan fingerprint density at radius 1 is 1.41 bits per heavy atom. The Morgan fingerprint density at radius 2 is 2.26 bits per heavy atom. The predicted molar refractivity (Wildman–Crippen MR) is 102 cm³/mol. The number of carbonyl (C=O) groups is 2. The number of aryl methyl sites for hydroxylation is 1. The third kappa shape index (κ3) is 2.83. The molecule has 27 heavy (non-hydrogen) atoms. The highest BCUT2D eigenvalue weighted by Gasteiger charge is 2.53. The lowest BCUT2D eigenvalue weighted by Gasteiger charge is -2.18. The summed E-state index contributed by atoms with van der Waals surface area (Å²) in [7, 11) is 0. The summed E-state index contributed by atoms with van der Waals surface area (Å²) in [5, 5.41) is 13.7. The maximum atomic E-state index is 12.8. The monoisotopic (exact) mass is 384 g/mol. The summed E-state index contributed by atoms with van der Waals surface area (Å²) < 4.78 is 0. The molecule has 3 aliphatic rings. The van der Waals surface area contributed by atoms with Crippen LogP contribution in [0.5, 0.6) is 0 Å². The molecule has 1 aromatic carbocycles. The first-order valence-corrected chi connectivity index (χ1v) is 9.77. The van der Waals surface area contributed by atoms with Crippen LogP contribution in [0.2, 0.25) is 5.02 Å². The molecule has 0 spiro atoms. The minimum Gasteiger partial charge on any atom is -0.339 e. The number of rotatable bonds is 2. The van der Waals surface area contributed by atoms with Crippen molar-refractivity contribution in [2.45, 2.75) is 45.1 Å². The third-order valence-electron chi connectivity index (χ3n) is 6.39. The van der Waals surface area contributed by atoms with Crippen LogP contribution in [0.1, 0.15) is 47.1 Å². The number of amides is 2. The molecule has 2 aromatic rings. The molecule has 0 bridgehead atoms. The quantitative estimate of drug-likeness (QED) is 0.744. The molecule has 0 radical (unpaired) electrons. The maximum absolute atomic E-state index is 12.8. The van der Waals surface area contributed by atoms with Crippen LogP contribution in [-0.4, -0.2) is 28.1 Å². The normalized spacial score (nSPS) is 28.3. The first-order valence-electron chi connectivity index (χ1n) is 9.39. The van der Waals surface area contributed by atoms with Gasteiger partial charge < -0.3 is 10.6 Å². The van der Waals surface area contributed by atoms with E-state index in [0.29, 0.717) is 34.9 Å². The van der Waals surface area contributed by atoms with E-state index in [1.807, 2.05) is 6.07 Å². The topological polar surface area (TPSA) is 86.9 Å². The lowest BCUT2D eigenvalue weighted by molar-refractivity contribution is -0.118. The van der Waals surface area contributed by atoms with Gasteiger partial charge in [0.15, 0.2) is 5.69 Å². The zero-order valence-corrected chi connectivity index (χ0v) is 15.8. The van der Waals surface area contributed by atoms with Crippen LogP contribution in [0.25, 0.3) is 0 Å². The van der Waals surface area contributed by atoms with E-state index in [4.69, 9.17) is 11.6 Å². The summed E-state index contributed by atoms with van der Waals surface area (Å²) in [5.74, 6) is 0.166. The van der Waals surface area contributed by atoms with Gasteiger partial charge in [-0.1, -0.05) is 18.5 Å². The van der Waals surface area contributed by atoms with Crippen LogP contribution >= 0.6 is 11.6 Å². The fraction of sp³-hybridized carbons (Fsp3) is 0.450. The number of hydrogen-bond donors (Lipinski definition) is 3. The van der Waals surface area contributed by atoms with Gasteiger partial charge in [0.25, 0.3) is 5.91 Å². The SMILES string of the molecule is CC12Cc3[nH]nc(C(=O)N[C@H]4CCc5cc(Cl)ccc5NC4=O)c3CC1C2. The van der Waals surface area contributed by atoms with Crippen molar-refractivity contribution in [1.29, 1.82) is 0 Å². The molecule has 6 nitrogen and oxygen atoms in total. The van der Waals surface area contributed by atoms with Crippen molar-refractivity contribution in [3.05, 3.63) is 45.7 Å². The molecule has 2 aliphatic carbocycles. The standard InChI is InChI=1S/C20H21ClN4O2/c1-20-8-11(20)7-13-16(9-20)24-25-17(13)19(27)23-15-4-2-10-6-12(21)3-5-14(10)22-18(15)26/h3,5-6,11,15H,2,4,7-9H2,1H3,(H,22,26)(H,23,27)(H,24,25)/t11?,15-,20?/m0/s1. The third-order valence-corrected chi connectivity index (χ3v) is 6.62. The number of H-pyrrole nitrogens is 1. The average molecular weight is 385 g/mol. The summed E-state index contributed by atoms with van der Waals surface area (Å²) in [5.41, 5.74) is 4.66. The fourth-order valence-electron chi connectivity index (χ4n) is 4.55. The molecule has 7 heteroatoms. The van der Waals surface area contributed by atoms with E-state index in [1.165, 1.54) is 6.42 Å². The van der Waals surface area contributed by atoms with E-state index in [1.54, 1.807) is 12.1 Å². The van der Waals surface area contributed by atoms with Gasteiger partial charge in [-0.2, -0.15) is 5.10 Å². The van der Waals surface area contributed by atoms with Gasteiger partial charge in [-0.15, -0.1) is 0 Å². The van der Waals surface area contributed by atoms with E-state index in [-0.39, 0.29) is 11.8 Å². The summed E-state index contributed by atoms with van der Waals surface area (Å²) in [6, 6.07) is 4.82. The number of nitrogens with zero attached hydrogens (tertiary/aromatic N) is 1. The Bertz CT molecular complexity index is 969. The van der Waals surface area contributed by atoms with Gasteiger partial charge in [-0.05, 0) is 67.2 Å². The van der Waals surface area contributed by atoms with Gasteiger partial charge in [-0.3, -0.25) is 14.7 Å². The smallest absolute Gasteiger partial charge is 0.272 e. The van der Waals surface area contributed by atoms with Crippen LogP contribution in [0.4, 0.5) is 5.69 Å². The lowest BCUT2D eigenvalue weighted by atomic mass is 9.87. The molecule has 5 rings (SSSR count). The Kier molecular flexibility index (Phi) is 3.63. The molecule has 3 N–H and O–H groups in total. The molecule has 0 saturated heterocycles. The van der Waals surface area contributed by atoms with Crippen molar-refractivity contribution >= 4 is 29.1 Å². The van der Waals surface area contributed by atoms with E-state index in [2.05, 4.69) is 27.8 Å². The number of halogens is 1. The van der Waals surface area contributed by atoms with Gasteiger partial charge >= 0.3 is 0 Å². The van der Waals surface area contributed by atoms with Crippen LogP contribution in [0.3, 0.4) is 0 Å². The number of carbonyl (C=O) groups excluding carboxylic acids is 2. The summed E-state index contributed by atoms with van der Waals surface area (Å²) in [4.78, 5) is 25.4. The second-order valence-corrected chi connectivity index (χ2v) is 8.76. The van der Waals surface area contributed by atoms with Crippen molar-refractivity contribution in [1.82, 2.24) is 15.5 Å². The Morgan fingerprint density at radius 3 is 3.11 bits per heavy atom. The predicted octanol–water partition coefficient (Wildman–Crippen LogP) is 2.87. The van der Waals surface area contributed by atoms with E-state index < -0.39 is 6.04 Å². The van der Waals surface area contributed by atoms with Crippen LogP contribution in [0.15, 0.2) is 18.2 Å². The highest BCUT2D eigenvalue weighted by molar-refractivity contribution is 6.30. The number of anilines is 1. The number of hydrogen-bond acceptors (Lipinski definition) is 3. The van der Waals surface area contributed by atoms with Gasteiger partial charge in [0, 0.05) is 22.0 Å². The van der Waals surface area contributed by atoms with Crippen molar-refractivity contribution in [2.24, 2.45) is 11.3 Å². The molecule has 140 valence electrons. The Hall–Kier alpha value is -2.34. The van der Waals surface area contributed by atoms with Crippen LogP contribution in [-0.2, 0) is 24.1 Å². The molecule has 2 heterocycles. The number of fused-ring (bicyclic) bond motifs is 3. The van der Waals surface area contributed by atoms with E-state index >= 15 is 0 Å². The highest BCUT2D eigenvalue weighted by Crippen LogP contribution is 2.59. The van der Waals surface area contributed by atoms with Crippen molar-refractivity contribution < 1.29 is 9.59 Å². The molecule has 1 aliphatic heterocycles. The molecule has 1 aromatic heterocycles. The first-order chi connectivity index (χ1) is 12.9. The highest BCUT2D eigenvalue weighted by atomic mass is 35.5. The van der Waals surface area contributed by atoms with Crippen LogP contribution < -0.4 is 10.6 Å². The Balaban J connectivity index is 1.33. The van der Waals surface area contributed by atoms with Crippen molar-refractivity contribution in [3.63, 3.8) is 0 Å². The maximum Gasteiger partial charge on any atom is 0.272 e. The van der Waals surface area contributed by atoms with Gasteiger partial charge in [0.05, 0.1) is 0 Å². The number of aromatic nitrogens is 2. The Labute approximate surface area is 162 Å². The number of benzene rings is 1. The largest absolute Gasteiger partial charge is 0.339 e. The summed E-state index contributed by atoms with van der Waals surface area (Å²) in [6.07, 6.45) is 4.25. The van der Waals surface area contributed by atoms with E-state index in [9.17, 15) is 9.59 Å². The zero-order chi connectivity index (χ0) is 18.8. The van der Waals surface area contributed by atoms with Gasteiger partial charge in [-0.25, -0.2) is 0 Å². The fourth-order valence-corrected chi connectivity index (χ4v) is 4.75. The molecule has 2 amide bonds. The first kappa shape index (κ1) is 16.8. The second-order valence-electron chi connectivity index (χ2n) is 8.32. The zero-order valence-electron chi connectivity index (χ0n) is 15.1. The summed E-state index contributed by atoms with van der Waals surface area (Å²) >= 11 is 6.05. The van der Waals surface area contributed by atoms with Crippen molar-refractivity contribution in [2.75, 3.05) is 5.32 Å². The lowest BCUT2D eigenvalue weighted by Crippen LogP contribution is -2.43. The molecule has 1 fully saturated rings. The van der Waals surface area contributed by atoms with Crippen molar-refractivity contribution in [3.8, 4) is 0 Å². The number of aromatic amines is 1. The molecule has 1 saturated carbocycles. The second kappa shape index (κ2) is 5.83. The van der Waals surface area contributed by atoms with Gasteiger partial charge in [0.2, 0.25) is 5.91 Å². The average Bonchev–Trinajstić information content (AvgIpc) is 3.17. The van der Waals surface area contributed by atoms with Gasteiger partial charge in [0.1, 0.15) is 6.04 Å². The van der Waals surface area contributed by atoms with E-state index in [0.717, 1.165) is 35.3 Å². The number of nitrogens with one attached hydrogen (secondary N) is 3. The minimum atomic E-state index is -0.592. The molecular formula is C20H21ClN4O2. The molecule has 3 atom stereocenters. The van der Waals surface area contributed by atoms with Crippen LogP contribution in [0, 0.1) is 11.3 Å². The summed E-state index contributed by atoms with van der Waals surface area (Å²) in [6.45, 7) is 2.29.